The molecule has 130 valence electrons. The monoisotopic (exact) mass is 324 g/mol. The Balaban J connectivity index is 1.77. The molecule has 1 aromatic carbocycles. The molecule has 1 heterocycles. The van der Waals surface area contributed by atoms with E-state index in [4.69, 9.17) is 4.74 Å². The molecule has 1 saturated heterocycles. The SMILES string of the molecule is COc1ccc(CN(C)CC(O)CN2CCC(C)CC2)cc1F. The average Bonchev–Trinajstić information content (AvgIpc) is 2.49. The van der Waals surface area contributed by atoms with Crippen molar-refractivity contribution in [1.82, 2.24) is 9.80 Å². The Labute approximate surface area is 138 Å². The number of piperidine rings is 1. The summed E-state index contributed by atoms with van der Waals surface area (Å²) in [5.41, 5.74) is 0.879. The lowest BCUT2D eigenvalue weighted by Gasteiger charge is -2.32. The summed E-state index contributed by atoms with van der Waals surface area (Å²) in [6.45, 7) is 6.34. The van der Waals surface area contributed by atoms with Gasteiger partial charge in [-0.25, -0.2) is 4.39 Å². The quantitative estimate of drug-likeness (QED) is 0.835. The van der Waals surface area contributed by atoms with Gasteiger partial charge in [-0.2, -0.15) is 0 Å². The Morgan fingerprint density at radius 1 is 1.39 bits per heavy atom. The van der Waals surface area contributed by atoms with Gasteiger partial charge in [-0.05, 0) is 56.6 Å². The van der Waals surface area contributed by atoms with Gasteiger partial charge in [-0.15, -0.1) is 0 Å². The van der Waals surface area contributed by atoms with E-state index in [1.165, 1.54) is 26.0 Å². The van der Waals surface area contributed by atoms with E-state index in [1.807, 2.05) is 18.0 Å². The molecule has 1 unspecified atom stereocenters. The highest BCUT2D eigenvalue weighted by atomic mass is 19.1. The summed E-state index contributed by atoms with van der Waals surface area (Å²) < 4.78 is 18.6. The highest BCUT2D eigenvalue weighted by molar-refractivity contribution is 5.29. The number of rotatable bonds is 7. The van der Waals surface area contributed by atoms with Crippen LogP contribution in [0.15, 0.2) is 18.2 Å². The molecule has 4 nitrogen and oxygen atoms in total. The topological polar surface area (TPSA) is 35.9 Å². The minimum Gasteiger partial charge on any atom is -0.494 e. The summed E-state index contributed by atoms with van der Waals surface area (Å²) in [5, 5.41) is 10.3. The van der Waals surface area contributed by atoms with Crippen molar-refractivity contribution in [1.29, 1.82) is 0 Å². The Kier molecular flexibility index (Phi) is 6.81. The summed E-state index contributed by atoms with van der Waals surface area (Å²) in [6, 6.07) is 4.99. The average molecular weight is 324 g/mol. The van der Waals surface area contributed by atoms with Gasteiger partial charge in [0.05, 0.1) is 13.2 Å². The van der Waals surface area contributed by atoms with E-state index in [0.29, 0.717) is 19.6 Å². The van der Waals surface area contributed by atoms with E-state index < -0.39 is 0 Å². The fourth-order valence-corrected chi connectivity index (χ4v) is 3.14. The van der Waals surface area contributed by atoms with Crippen molar-refractivity contribution in [3.05, 3.63) is 29.6 Å². The van der Waals surface area contributed by atoms with Gasteiger partial charge in [0.15, 0.2) is 11.6 Å². The van der Waals surface area contributed by atoms with Crippen molar-refractivity contribution in [2.45, 2.75) is 32.4 Å². The largest absolute Gasteiger partial charge is 0.494 e. The number of halogens is 1. The van der Waals surface area contributed by atoms with E-state index in [-0.39, 0.29) is 17.7 Å². The normalized spacial score (nSPS) is 18.3. The zero-order chi connectivity index (χ0) is 16.8. The Morgan fingerprint density at radius 3 is 2.70 bits per heavy atom. The second-order valence-electron chi connectivity index (χ2n) is 6.80. The first-order valence-electron chi connectivity index (χ1n) is 8.39. The third kappa shape index (κ3) is 5.75. The predicted octanol–water partition coefficient (Wildman–Crippen LogP) is 2.36. The van der Waals surface area contributed by atoms with Crippen molar-refractivity contribution in [2.75, 3.05) is 40.3 Å². The van der Waals surface area contributed by atoms with Crippen LogP contribution in [0.1, 0.15) is 25.3 Å². The second kappa shape index (κ2) is 8.62. The number of hydrogen-bond donors (Lipinski definition) is 1. The Morgan fingerprint density at radius 2 is 2.09 bits per heavy atom. The molecule has 23 heavy (non-hydrogen) atoms. The van der Waals surface area contributed by atoms with Crippen LogP contribution in [0.25, 0.3) is 0 Å². The maximum absolute atomic E-state index is 13.7. The number of aliphatic hydroxyl groups excluding tert-OH is 1. The highest BCUT2D eigenvalue weighted by Gasteiger charge is 2.19. The van der Waals surface area contributed by atoms with Gasteiger partial charge in [0.2, 0.25) is 0 Å². The van der Waals surface area contributed by atoms with Gasteiger partial charge in [-0.3, -0.25) is 4.90 Å². The minimum atomic E-state index is -0.378. The molecule has 1 aromatic rings. The molecule has 0 aromatic heterocycles. The summed E-state index contributed by atoms with van der Waals surface area (Å²) in [4.78, 5) is 4.37. The molecule has 1 aliphatic rings. The second-order valence-corrected chi connectivity index (χ2v) is 6.80. The minimum absolute atomic E-state index is 0.260. The number of benzene rings is 1. The zero-order valence-corrected chi connectivity index (χ0v) is 14.5. The molecule has 0 amide bonds. The van der Waals surface area contributed by atoms with Crippen LogP contribution in [0.2, 0.25) is 0 Å². The third-order valence-corrected chi connectivity index (χ3v) is 4.54. The van der Waals surface area contributed by atoms with Gasteiger partial charge in [0, 0.05) is 19.6 Å². The van der Waals surface area contributed by atoms with Crippen LogP contribution in [0.3, 0.4) is 0 Å². The van der Waals surface area contributed by atoms with Gasteiger partial charge in [0.25, 0.3) is 0 Å². The molecule has 5 heteroatoms. The highest BCUT2D eigenvalue weighted by Crippen LogP contribution is 2.19. The number of likely N-dealkylation sites (tertiary alicyclic amines) is 1. The number of hydrogen-bond acceptors (Lipinski definition) is 4. The molecule has 1 N–H and O–H groups in total. The number of nitrogens with zero attached hydrogens (tertiary/aromatic N) is 2. The third-order valence-electron chi connectivity index (χ3n) is 4.54. The molecule has 0 saturated carbocycles. The summed E-state index contributed by atoms with van der Waals surface area (Å²) in [6.07, 6.45) is 2.05. The summed E-state index contributed by atoms with van der Waals surface area (Å²) in [7, 11) is 3.41. The molecule has 0 spiro atoms. The lowest BCUT2D eigenvalue weighted by molar-refractivity contribution is 0.0662. The first-order chi connectivity index (χ1) is 11.0. The number of β-amino-alcohol motifs (C(OH)–C–C–N with tert-alkyl or cyclic N) is 1. The summed E-state index contributed by atoms with van der Waals surface area (Å²) >= 11 is 0. The number of methoxy groups -OCH3 is 1. The van der Waals surface area contributed by atoms with E-state index in [9.17, 15) is 9.50 Å². The zero-order valence-electron chi connectivity index (χ0n) is 14.5. The van der Waals surface area contributed by atoms with E-state index >= 15 is 0 Å². The van der Waals surface area contributed by atoms with E-state index in [1.54, 1.807) is 6.07 Å². The van der Waals surface area contributed by atoms with Crippen LogP contribution >= 0.6 is 0 Å². The molecule has 1 fully saturated rings. The molecule has 0 radical (unpaired) electrons. The van der Waals surface area contributed by atoms with Gasteiger partial charge < -0.3 is 14.7 Å². The van der Waals surface area contributed by atoms with Gasteiger partial charge in [0.1, 0.15) is 0 Å². The molecular weight excluding hydrogens is 295 g/mol. The van der Waals surface area contributed by atoms with E-state index in [0.717, 1.165) is 24.6 Å². The van der Waals surface area contributed by atoms with Crippen LogP contribution in [0.4, 0.5) is 4.39 Å². The first kappa shape index (κ1) is 18.2. The number of ether oxygens (including phenoxy) is 1. The van der Waals surface area contributed by atoms with Gasteiger partial charge in [-0.1, -0.05) is 13.0 Å². The lowest BCUT2D eigenvalue weighted by Crippen LogP contribution is -2.42. The van der Waals surface area contributed by atoms with Crippen LogP contribution in [-0.4, -0.2) is 61.3 Å². The molecule has 1 aliphatic heterocycles. The molecule has 0 aliphatic carbocycles. The lowest BCUT2D eigenvalue weighted by atomic mass is 9.99. The van der Waals surface area contributed by atoms with Gasteiger partial charge >= 0.3 is 0 Å². The molecule has 2 rings (SSSR count). The van der Waals surface area contributed by atoms with Crippen LogP contribution in [0, 0.1) is 11.7 Å². The molecular formula is C18H29FN2O2. The summed E-state index contributed by atoms with van der Waals surface area (Å²) in [5.74, 6) is 0.716. The smallest absolute Gasteiger partial charge is 0.165 e. The fraction of sp³-hybridized carbons (Fsp3) is 0.667. The maximum Gasteiger partial charge on any atom is 0.165 e. The fourth-order valence-electron chi connectivity index (χ4n) is 3.14. The maximum atomic E-state index is 13.7. The Hall–Kier alpha value is -1.17. The predicted molar refractivity (Wildman–Crippen MR) is 90.1 cm³/mol. The van der Waals surface area contributed by atoms with Crippen molar-refractivity contribution in [2.24, 2.45) is 5.92 Å². The first-order valence-corrected chi connectivity index (χ1v) is 8.39. The van der Waals surface area contributed by atoms with Crippen molar-refractivity contribution in [3.63, 3.8) is 0 Å². The molecule has 0 bridgehead atoms. The van der Waals surface area contributed by atoms with Crippen molar-refractivity contribution < 1.29 is 14.2 Å². The van der Waals surface area contributed by atoms with Crippen molar-refractivity contribution in [3.8, 4) is 5.75 Å². The molecule has 1 atom stereocenters. The number of aliphatic hydroxyl groups is 1. The van der Waals surface area contributed by atoms with E-state index in [2.05, 4.69) is 11.8 Å². The standard InChI is InChI=1S/C18H29FN2O2/c1-14-6-8-21(9-7-14)13-16(22)12-20(2)11-15-4-5-18(23-3)17(19)10-15/h4-5,10,14,16,22H,6-9,11-13H2,1-3H3. The van der Waals surface area contributed by atoms with Crippen LogP contribution < -0.4 is 4.74 Å². The Bertz CT molecular complexity index is 490. The van der Waals surface area contributed by atoms with Crippen LogP contribution in [-0.2, 0) is 6.54 Å². The van der Waals surface area contributed by atoms with Crippen LogP contribution in [0.5, 0.6) is 5.75 Å². The van der Waals surface area contributed by atoms with Crippen molar-refractivity contribution >= 4 is 0 Å². The number of likely N-dealkylation sites (N-methyl/N-ethyl adjacent to an activating group) is 1.